The van der Waals surface area contributed by atoms with E-state index in [-0.39, 0.29) is 54.4 Å². The molecular weight excluding hydrogens is 554 g/mol. The summed E-state index contributed by atoms with van der Waals surface area (Å²) in [7, 11) is 0. The molecule has 1 atom stereocenters. The highest BCUT2D eigenvalue weighted by Gasteiger charge is 2.33. The number of alkyl halides is 2. The van der Waals surface area contributed by atoms with Gasteiger partial charge in [0.25, 0.3) is 5.88 Å². The summed E-state index contributed by atoms with van der Waals surface area (Å²) in [6.45, 7) is 4.37. The fourth-order valence-corrected chi connectivity index (χ4v) is 4.80. The van der Waals surface area contributed by atoms with E-state index in [1.54, 1.807) is 51.2 Å². The molecule has 2 aromatic carbocycles. The van der Waals surface area contributed by atoms with Crippen LogP contribution in [0.5, 0.6) is 5.88 Å². The number of hydrogen-bond donors (Lipinski definition) is 0. The van der Waals surface area contributed by atoms with Crippen molar-refractivity contribution in [2.75, 3.05) is 0 Å². The number of halogens is 4. The molecule has 0 saturated heterocycles. The highest BCUT2D eigenvalue weighted by Crippen LogP contribution is 2.36. The van der Waals surface area contributed by atoms with E-state index in [2.05, 4.69) is 9.97 Å². The third kappa shape index (κ3) is 7.51. The molecule has 2 heterocycles. The lowest BCUT2D eigenvalue weighted by Crippen LogP contribution is -2.26. The van der Waals surface area contributed by atoms with Gasteiger partial charge in [0.15, 0.2) is 5.78 Å². The fraction of sp³-hybridized carbons (Fsp3) is 0.355. The molecule has 2 aromatic heterocycles. The van der Waals surface area contributed by atoms with E-state index in [0.29, 0.717) is 11.4 Å². The molecule has 0 aliphatic carbocycles. The van der Waals surface area contributed by atoms with Crippen LogP contribution < -0.4 is 4.74 Å². The second kappa shape index (κ2) is 13.1. The van der Waals surface area contributed by atoms with Crippen LogP contribution in [0.4, 0.5) is 17.6 Å². The third-order valence-electron chi connectivity index (χ3n) is 6.97. The molecule has 4 aromatic rings. The molecule has 11 heteroatoms. The topological polar surface area (TPSA) is 82.8 Å². The number of nitrogens with zero attached hydrogens (tertiary/aromatic N) is 3. The van der Waals surface area contributed by atoms with Crippen LogP contribution in [0.1, 0.15) is 65.6 Å². The summed E-state index contributed by atoms with van der Waals surface area (Å²) in [5.74, 6) is -2.58. The van der Waals surface area contributed by atoms with E-state index in [1.165, 1.54) is 10.5 Å². The van der Waals surface area contributed by atoms with E-state index in [9.17, 15) is 27.2 Å². The number of carbonyl (C=O) groups excluding carboxylic acids is 2. The molecule has 0 fully saturated rings. The highest BCUT2D eigenvalue weighted by molar-refractivity contribution is 5.96. The molecule has 0 N–H and O–H groups in total. The maximum absolute atomic E-state index is 14.1. The minimum atomic E-state index is -2.68. The van der Waals surface area contributed by atoms with Gasteiger partial charge in [-0.05, 0) is 43.4 Å². The minimum absolute atomic E-state index is 0.00324. The van der Waals surface area contributed by atoms with Gasteiger partial charge in [-0.15, -0.1) is 0 Å². The number of esters is 1. The molecule has 0 aliphatic rings. The zero-order valence-electron chi connectivity index (χ0n) is 23.5. The first kappa shape index (κ1) is 30.7. The van der Waals surface area contributed by atoms with Gasteiger partial charge in [0, 0.05) is 19.0 Å². The molecule has 42 heavy (non-hydrogen) atoms. The van der Waals surface area contributed by atoms with Crippen LogP contribution in [0.3, 0.4) is 0 Å². The summed E-state index contributed by atoms with van der Waals surface area (Å²) < 4.78 is 67.6. The predicted octanol–water partition coefficient (Wildman–Crippen LogP) is 6.96. The van der Waals surface area contributed by atoms with Gasteiger partial charge in [-0.2, -0.15) is 0 Å². The van der Waals surface area contributed by atoms with Crippen LogP contribution in [-0.4, -0.2) is 32.5 Å². The van der Waals surface area contributed by atoms with Crippen LogP contribution in [0.2, 0.25) is 0 Å². The smallest absolute Gasteiger partial charge is 0.306 e. The quantitative estimate of drug-likeness (QED) is 0.0959. The van der Waals surface area contributed by atoms with Crippen molar-refractivity contribution in [3.05, 3.63) is 94.6 Å². The summed E-state index contributed by atoms with van der Waals surface area (Å²) in [5.41, 5.74) is 0.447. The van der Waals surface area contributed by atoms with E-state index in [0.717, 1.165) is 17.7 Å². The summed E-state index contributed by atoms with van der Waals surface area (Å²) in [6.07, 6.45) is -2.11. The van der Waals surface area contributed by atoms with Crippen LogP contribution in [-0.2, 0) is 22.7 Å². The number of ketones is 1. The first-order valence-electron chi connectivity index (χ1n) is 13.4. The highest BCUT2D eigenvalue weighted by atomic mass is 19.3. The fourth-order valence-electron chi connectivity index (χ4n) is 4.80. The van der Waals surface area contributed by atoms with Crippen LogP contribution in [0.15, 0.2) is 54.7 Å². The van der Waals surface area contributed by atoms with Crippen molar-refractivity contribution >= 4 is 17.4 Å². The Labute approximate surface area is 240 Å². The second-order valence-electron chi connectivity index (χ2n) is 10.6. The summed E-state index contributed by atoms with van der Waals surface area (Å²) in [4.78, 5) is 34.7. The summed E-state index contributed by atoms with van der Waals surface area (Å²) >= 11 is 0. The second-order valence-corrected chi connectivity index (χ2v) is 10.6. The number of hydrogen-bond acceptors (Lipinski definition) is 6. The Hall–Kier alpha value is -4.28. The van der Waals surface area contributed by atoms with Gasteiger partial charge in [-0.1, -0.05) is 43.3 Å². The zero-order valence-corrected chi connectivity index (χ0v) is 23.5. The van der Waals surface area contributed by atoms with Crippen molar-refractivity contribution in [2.45, 2.75) is 66.1 Å². The SMILES string of the molecule is Cc1cn2c(C(=O)CCC(C)(CC(=O)OCc3ccccc3)CC(F)F)c(C)nc2c(OCc2c(F)cccc2F)n1. The van der Waals surface area contributed by atoms with Gasteiger partial charge in [0.05, 0.1) is 23.4 Å². The average Bonchev–Trinajstić information content (AvgIpc) is 3.26. The first-order chi connectivity index (χ1) is 20.0. The summed E-state index contributed by atoms with van der Waals surface area (Å²) in [5, 5.41) is 0. The minimum Gasteiger partial charge on any atom is -0.470 e. The van der Waals surface area contributed by atoms with Gasteiger partial charge in [0.2, 0.25) is 12.1 Å². The Morgan fingerprint density at radius 1 is 0.976 bits per heavy atom. The third-order valence-corrected chi connectivity index (χ3v) is 6.97. The van der Waals surface area contributed by atoms with Gasteiger partial charge in [-0.25, -0.2) is 27.5 Å². The van der Waals surface area contributed by atoms with Crippen LogP contribution in [0.25, 0.3) is 5.65 Å². The normalized spacial score (nSPS) is 12.9. The molecular formula is C31H31F4N3O4. The van der Waals surface area contributed by atoms with Crippen LogP contribution >= 0.6 is 0 Å². The average molecular weight is 586 g/mol. The lowest BCUT2D eigenvalue weighted by molar-refractivity contribution is -0.148. The Bertz CT molecular complexity index is 1560. The predicted molar refractivity (Wildman–Crippen MR) is 146 cm³/mol. The van der Waals surface area contributed by atoms with E-state index in [4.69, 9.17) is 9.47 Å². The number of carbonyl (C=O) groups is 2. The molecule has 0 saturated carbocycles. The van der Waals surface area contributed by atoms with E-state index < -0.39 is 42.5 Å². The van der Waals surface area contributed by atoms with Crippen molar-refractivity contribution in [1.82, 2.24) is 14.4 Å². The van der Waals surface area contributed by atoms with Crippen molar-refractivity contribution < 1.29 is 36.6 Å². The molecule has 1 unspecified atom stereocenters. The molecule has 7 nitrogen and oxygen atoms in total. The number of aryl methyl sites for hydroxylation is 2. The zero-order chi connectivity index (χ0) is 30.4. The maximum atomic E-state index is 14.1. The largest absolute Gasteiger partial charge is 0.470 e. The van der Waals surface area contributed by atoms with E-state index in [1.807, 2.05) is 6.07 Å². The van der Waals surface area contributed by atoms with Crippen molar-refractivity contribution in [3.8, 4) is 5.88 Å². The molecule has 0 aliphatic heterocycles. The van der Waals surface area contributed by atoms with Gasteiger partial charge in [0.1, 0.15) is 30.5 Å². The summed E-state index contributed by atoms with van der Waals surface area (Å²) in [6, 6.07) is 12.5. The molecule has 4 rings (SSSR count). The van der Waals surface area contributed by atoms with Crippen LogP contribution in [0, 0.1) is 30.9 Å². The standard InChI is InChI=1S/C31H31F4N3O4/c1-19-16-38-28(20(2)37-29(38)30(36-19)42-18-22-23(32)10-7-11-24(22)33)25(39)12-13-31(3,14-26(34)35)15-27(40)41-17-21-8-5-4-6-9-21/h4-11,16,26H,12-15,17-18H2,1-3H3. The van der Waals surface area contributed by atoms with Crippen molar-refractivity contribution in [2.24, 2.45) is 5.41 Å². The number of benzene rings is 2. The number of Topliss-reactive ketones (excluding diaryl/α,β-unsaturated/α-hetero) is 1. The first-order valence-corrected chi connectivity index (χ1v) is 13.4. The number of rotatable bonds is 13. The van der Waals surface area contributed by atoms with Crippen molar-refractivity contribution in [1.29, 1.82) is 0 Å². The maximum Gasteiger partial charge on any atom is 0.306 e. The lowest BCUT2D eigenvalue weighted by atomic mass is 9.78. The van der Waals surface area contributed by atoms with Crippen molar-refractivity contribution in [3.63, 3.8) is 0 Å². The molecule has 0 spiro atoms. The monoisotopic (exact) mass is 585 g/mol. The molecule has 0 bridgehead atoms. The number of ether oxygens (including phenoxy) is 2. The number of imidazole rings is 1. The molecule has 222 valence electrons. The Morgan fingerprint density at radius 3 is 2.33 bits per heavy atom. The number of aromatic nitrogens is 3. The van der Waals surface area contributed by atoms with Gasteiger partial charge >= 0.3 is 5.97 Å². The lowest BCUT2D eigenvalue weighted by Gasteiger charge is -2.28. The number of fused-ring (bicyclic) bond motifs is 1. The van der Waals surface area contributed by atoms with Gasteiger partial charge in [-0.3, -0.25) is 14.0 Å². The van der Waals surface area contributed by atoms with Gasteiger partial charge < -0.3 is 9.47 Å². The Kier molecular flexibility index (Phi) is 9.59. The Balaban J connectivity index is 1.50. The molecule has 0 radical (unpaired) electrons. The molecule has 0 amide bonds. The van der Waals surface area contributed by atoms with E-state index >= 15 is 0 Å². The Morgan fingerprint density at radius 2 is 1.67 bits per heavy atom.